The lowest BCUT2D eigenvalue weighted by Gasteiger charge is -2.43. The number of anilines is 1. The number of ether oxygens (including phenoxy) is 1. The van der Waals surface area contributed by atoms with E-state index in [0.29, 0.717) is 0 Å². The summed E-state index contributed by atoms with van der Waals surface area (Å²) in [7, 11) is 0.0700. The van der Waals surface area contributed by atoms with E-state index >= 15 is 0 Å². The molecule has 140 valence electrons. The third-order valence-corrected chi connectivity index (χ3v) is 6.86. The molecule has 0 saturated carbocycles. The maximum atomic E-state index is 5.37. The Kier molecular flexibility index (Phi) is 6.02. The van der Waals surface area contributed by atoms with Gasteiger partial charge >= 0.3 is 0 Å². The zero-order valence-corrected chi connectivity index (χ0v) is 17.7. The van der Waals surface area contributed by atoms with Gasteiger partial charge in [-0.05, 0) is 41.8 Å². The van der Waals surface area contributed by atoms with E-state index < -0.39 is 8.24 Å². The van der Waals surface area contributed by atoms with Gasteiger partial charge in [0.05, 0.1) is 13.2 Å². The second-order valence-electron chi connectivity index (χ2n) is 7.86. The fraction of sp³-hybridized carbons (Fsp3) is 0.250. The monoisotopic (exact) mass is 375 g/mol. The van der Waals surface area contributed by atoms with E-state index in [0.717, 1.165) is 12.2 Å². The Morgan fingerprint density at radius 1 is 0.778 bits per heavy atom. The van der Waals surface area contributed by atoms with Crippen molar-refractivity contribution >= 4 is 13.9 Å². The molecule has 0 aromatic heterocycles. The summed E-state index contributed by atoms with van der Waals surface area (Å²) in [6, 6.07) is 30.5. The summed E-state index contributed by atoms with van der Waals surface area (Å²) in [4.78, 5) is 0. The van der Waals surface area contributed by atoms with Crippen LogP contribution in [0.2, 0.25) is 19.6 Å². The van der Waals surface area contributed by atoms with Crippen LogP contribution in [0.5, 0.6) is 5.75 Å². The lowest BCUT2D eigenvalue weighted by Crippen LogP contribution is -2.49. The molecule has 2 nitrogen and oxygen atoms in total. The average molecular weight is 376 g/mol. The number of hydrogen-bond donors (Lipinski definition) is 0. The Balaban J connectivity index is 2.07. The number of hydrogen-bond acceptors (Lipinski definition) is 2. The summed E-state index contributed by atoms with van der Waals surface area (Å²) in [5.41, 5.74) is 3.98. The second kappa shape index (κ2) is 8.44. The van der Waals surface area contributed by atoms with E-state index in [1.807, 2.05) is 0 Å². The molecule has 3 heteroatoms. The van der Waals surface area contributed by atoms with Gasteiger partial charge in [0, 0.05) is 5.69 Å². The van der Waals surface area contributed by atoms with Gasteiger partial charge in [-0.2, -0.15) is 0 Å². The summed E-state index contributed by atoms with van der Waals surface area (Å²) < 4.78 is 8.04. The molecule has 0 heterocycles. The Bertz CT molecular complexity index is 826. The fourth-order valence-electron chi connectivity index (χ4n) is 3.64. The highest BCUT2D eigenvalue weighted by atomic mass is 28.3. The Morgan fingerprint density at radius 2 is 1.33 bits per heavy atom. The van der Waals surface area contributed by atoms with Crippen molar-refractivity contribution in [1.82, 2.24) is 0 Å². The van der Waals surface area contributed by atoms with Crippen molar-refractivity contribution in [2.45, 2.75) is 32.1 Å². The van der Waals surface area contributed by atoms with E-state index in [9.17, 15) is 0 Å². The molecule has 0 radical (unpaired) electrons. The van der Waals surface area contributed by atoms with Crippen LogP contribution in [-0.2, 0) is 6.42 Å². The minimum atomic E-state index is -1.65. The summed E-state index contributed by atoms with van der Waals surface area (Å²) in [6.07, 6.45) is 0.979. The average Bonchev–Trinajstić information content (AvgIpc) is 2.68. The van der Waals surface area contributed by atoms with E-state index in [-0.39, 0.29) is 6.04 Å². The number of rotatable bonds is 7. The molecule has 0 aliphatic heterocycles. The first-order valence-electron chi connectivity index (χ1n) is 9.51. The van der Waals surface area contributed by atoms with Crippen molar-refractivity contribution in [3.63, 3.8) is 0 Å². The van der Waals surface area contributed by atoms with Gasteiger partial charge in [-0.3, -0.25) is 0 Å². The minimum Gasteiger partial charge on any atom is -0.497 e. The van der Waals surface area contributed by atoms with Crippen LogP contribution >= 0.6 is 0 Å². The molecule has 0 aliphatic rings. The molecule has 0 saturated heterocycles. The maximum absolute atomic E-state index is 5.37. The third kappa shape index (κ3) is 4.80. The molecule has 27 heavy (non-hydrogen) atoms. The van der Waals surface area contributed by atoms with Crippen LogP contribution in [0.1, 0.15) is 17.2 Å². The van der Waals surface area contributed by atoms with E-state index in [1.165, 1.54) is 16.8 Å². The quantitative estimate of drug-likeness (QED) is 0.448. The Labute approximate surface area is 164 Å². The molecule has 0 N–H and O–H groups in total. The van der Waals surface area contributed by atoms with Gasteiger partial charge in [0.25, 0.3) is 0 Å². The van der Waals surface area contributed by atoms with E-state index in [4.69, 9.17) is 4.74 Å². The highest BCUT2D eigenvalue weighted by Crippen LogP contribution is 2.35. The molecule has 0 spiro atoms. The highest BCUT2D eigenvalue weighted by molar-refractivity contribution is 6.79. The molecule has 3 aromatic carbocycles. The standard InChI is InChI=1S/C24H29NOSi/c1-26-23-17-15-21(16-18-23)24(19-20-11-7-5-8-12-20)25(27(2,3)4)22-13-9-6-10-14-22/h5-18,24H,19H2,1-4H3. The molecule has 0 bridgehead atoms. The van der Waals surface area contributed by atoms with Crippen molar-refractivity contribution in [3.8, 4) is 5.75 Å². The third-order valence-electron chi connectivity index (χ3n) is 4.84. The predicted octanol–water partition coefficient (Wildman–Crippen LogP) is 6.32. The zero-order chi connectivity index (χ0) is 19.3. The molecule has 1 unspecified atom stereocenters. The second-order valence-corrected chi connectivity index (χ2v) is 12.7. The molecule has 3 aromatic rings. The first-order chi connectivity index (χ1) is 13.0. The molecule has 3 rings (SSSR count). The summed E-state index contributed by atoms with van der Waals surface area (Å²) >= 11 is 0. The van der Waals surface area contributed by atoms with Gasteiger partial charge in [-0.1, -0.05) is 80.3 Å². The Hall–Kier alpha value is -2.52. The van der Waals surface area contributed by atoms with Crippen LogP contribution in [0.4, 0.5) is 5.69 Å². The molecule has 0 aliphatic carbocycles. The lowest BCUT2D eigenvalue weighted by molar-refractivity contribution is 0.414. The predicted molar refractivity (Wildman–Crippen MR) is 118 cm³/mol. The first kappa shape index (κ1) is 19.2. The highest BCUT2D eigenvalue weighted by Gasteiger charge is 2.32. The molecule has 0 fully saturated rings. The Morgan fingerprint density at radius 3 is 1.85 bits per heavy atom. The molecule has 0 amide bonds. The summed E-state index contributed by atoms with van der Waals surface area (Å²) in [5.74, 6) is 0.900. The molecular weight excluding hydrogens is 346 g/mol. The maximum Gasteiger partial charge on any atom is 0.148 e. The summed E-state index contributed by atoms with van der Waals surface area (Å²) in [5, 5.41) is 0. The lowest BCUT2D eigenvalue weighted by atomic mass is 9.98. The smallest absolute Gasteiger partial charge is 0.148 e. The van der Waals surface area contributed by atoms with E-state index in [2.05, 4.69) is 109 Å². The van der Waals surface area contributed by atoms with Crippen LogP contribution in [0.25, 0.3) is 0 Å². The van der Waals surface area contributed by atoms with Crippen LogP contribution in [0, 0.1) is 0 Å². The van der Waals surface area contributed by atoms with Crippen LogP contribution < -0.4 is 9.30 Å². The van der Waals surface area contributed by atoms with Crippen molar-refractivity contribution in [1.29, 1.82) is 0 Å². The van der Waals surface area contributed by atoms with Crippen LogP contribution in [-0.4, -0.2) is 15.3 Å². The molecule has 1 atom stereocenters. The zero-order valence-electron chi connectivity index (χ0n) is 16.7. The minimum absolute atomic E-state index is 0.285. The van der Waals surface area contributed by atoms with Crippen molar-refractivity contribution in [3.05, 3.63) is 96.1 Å². The number of benzene rings is 3. The van der Waals surface area contributed by atoms with Gasteiger partial charge in [-0.15, -0.1) is 0 Å². The first-order valence-corrected chi connectivity index (χ1v) is 13.0. The van der Waals surface area contributed by atoms with Crippen LogP contribution in [0.3, 0.4) is 0 Å². The number of para-hydroxylation sites is 1. The van der Waals surface area contributed by atoms with Crippen molar-refractivity contribution < 1.29 is 4.74 Å². The van der Waals surface area contributed by atoms with Gasteiger partial charge in [0.2, 0.25) is 0 Å². The number of nitrogens with zero attached hydrogens (tertiary/aromatic N) is 1. The van der Waals surface area contributed by atoms with Gasteiger partial charge in [0.15, 0.2) is 0 Å². The fourth-order valence-corrected chi connectivity index (χ4v) is 5.74. The van der Waals surface area contributed by atoms with Gasteiger partial charge in [0.1, 0.15) is 14.0 Å². The van der Waals surface area contributed by atoms with Crippen molar-refractivity contribution in [2.24, 2.45) is 0 Å². The molecular formula is C24H29NOSi. The summed E-state index contributed by atoms with van der Waals surface area (Å²) in [6.45, 7) is 7.25. The van der Waals surface area contributed by atoms with Gasteiger partial charge < -0.3 is 9.30 Å². The van der Waals surface area contributed by atoms with Crippen LogP contribution in [0.15, 0.2) is 84.9 Å². The topological polar surface area (TPSA) is 12.5 Å². The SMILES string of the molecule is COc1ccc(C(Cc2ccccc2)N(c2ccccc2)[Si](C)(C)C)cc1. The van der Waals surface area contributed by atoms with E-state index in [1.54, 1.807) is 7.11 Å². The van der Waals surface area contributed by atoms with Crippen molar-refractivity contribution in [2.75, 3.05) is 11.7 Å². The number of methoxy groups -OCH3 is 1. The normalized spacial score (nSPS) is 12.4. The largest absolute Gasteiger partial charge is 0.497 e. The van der Waals surface area contributed by atoms with Gasteiger partial charge in [-0.25, -0.2) is 0 Å².